The van der Waals surface area contributed by atoms with E-state index in [-0.39, 0.29) is 10.8 Å². The van der Waals surface area contributed by atoms with Gasteiger partial charge in [0.2, 0.25) is 0 Å². The number of aryl methyl sites for hydroxylation is 1. The van der Waals surface area contributed by atoms with Crippen LogP contribution >= 0.6 is 11.8 Å². The molecule has 0 aromatic carbocycles. The van der Waals surface area contributed by atoms with E-state index in [0.29, 0.717) is 18.1 Å². The lowest BCUT2D eigenvalue weighted by atomic mass is 10.4. The second kappa shape index (κ2) is 6.18. The summed E-state index contributed by atoms with van der Waals surface area (Å²) in [5.41, 5.74) is 0.551. The molecule has 0 aliphatic rings. The molecule has 3 aromatic rings. The first-order valence-electron chi connectivity index (χ1n) is 6.76. The number of hydrogen-bond acceptors (Lipinski definition) is 6. The quantitative estimate of drug-likeness (QED) is 0.725. The molecule has 114 valence electrons. The summed E-state index contributed by atoms with van der Waals surface area (Å²) in [4.78, 5) is 18.7. The summed E-state index contributed by atoms with van der Waals surface area (Å²) in [7, 11) is 0. The van der Waals surface area contributed by atoms with Gasteiger partial charge in [0.25, 0.3) is 5.56 Å². The van der Waals surface area contributed by atoms with Gasteiger partial charge in [-0.2, -0.15) is 0 Å². The summed E-state index contributed by atoms with van der Waals surface area (Å²) in [6, 6.07) is 5.22. The van der Waals surface area contributed by atoms with Crippen molar-refractivity contribution in [2.75, 3.05) is 0 Å². The summed E-state index contributed by atoms with van der Waals surface area (Å²) >= 11 is 1.48. The Kier molecular flexibility index (Phi) is 4.10. The highest BCUT2D eigenvalue weighted by Crippen LogP contribution is 2.31. The lowest BCUT2D eigenvalue weighted by Crippen LogP contribution is -2.12. The number of H-pyrrole nitrogens is 1. The number of nitrogens with one attached hydrogen (secondary N) is 1. The molecule has 0 spiro atoms. The Balaban J connectivity index is 1.78. The van der Waals surface area contributed by atoms with Gasteiger partial charge in [-0.1, -0.05) is 11.8 Å². The molecule has 0 aliphatic heterocycles. The van der Waals surface area contributed by atoms with Crippen LogP contribution in [0.5, 0.6) is 0 Å². The third-order valence-electron chi connectivity index (χ3n) is 3.04. The van der Waals surface area contributed by atoms with Crippen LogP contribution < -0.4 is 5.56 Å². The predicted octanol–water partition coefficient (Wildman–Crippen LogP) is 2.16. The molecule has 0 saturated heterocycles. The highest BCUT2D eigenvalue weighted by molar-refractivity contribution is 7.99. The van der Waals surface area contributed by atoms with Crippen LogP contribution in [-0.4, -0.2) is 24.7 Å². The molecule has 0 bridgehead atoms. The van der Waals surface area contributed by atoms with Crippen LogP contribution in [0.3, 0.4) is 0 Å². The third kappa shape index (κ3) is 3.28. The minimum atomic E-state index is -0.146. The van der Waals surface area contributed by atoms with Crippen LogP contribution in [0.1, 0.15) is 29.5 Å². The predicted molar refractivity (Wildman–Crippen MR) is 81.7 cm³/mol. The Morgan fingerprint density at radius 2 is 2.36 bits per heavy atom. The second-order valence-corrected chi connectivity index (χ2v) is 6.16. The first kappa shape index (κ1) is 14.6. The minimum absolute atomic E-state index is 0.0489. The van der Waals surface area contributed by atoms with Crippen molar-refractivity contribution < 1.29 is 4.42 Å². The smallest absolute Gasteiger partial charge is 0.251 e. The van der Waals surface area contributed by atoms with Gasteiger partial charge in [0.05, 0.1) is 18.1 Å². The molecule has 0 aliphatic carbocycles. The third-order valence-corrected chi connectivity index (χ3v) is 4.15. The van der Waals surface area contributed by atoms with E-state index in [4.69, 9.17) is 4.42 Å². The van der Waals surface area contributed by atoms with E-state index >= 15 is 0 Å². The summed E-state index contributed by atoms with van der Waals surface area (Å²) < 4.78 is 7.23. The number of hydrogen-bond donors (Lipinski definition) is 1. The maximum Gasteiger partial charge on any atom is 0.251 e. The highest BCUT2D eigenvalue weighted by Gasteiger charge is 2.15. The molecule has 7 nitrogen and oxygen atoms in total. The molecule has 3 aromatic heterocycles. The Morgan fingerprint density at radius 3 is 3.09 bits per heavy atom. The van der Waals surface area contributed by atoms with Gasteiger partial charge < -0.3 is 14.0 Å². The minimum Gasteiger partial charge on any atom is -0.467 e. The van der Waals surface area contributed by atoms with E-state index in [9.17, 15) is 4.79 Å². The van der Waals surface area contributed by atoms with Crippen molar-refractivity contribution in [2.45, 2.75) is 30.8 Å². The zero-order valence-corrected chi connectivity index (χ0v) is 13.0. The van der Waals surface area contributed by atoms with Crippen molar-refractivity contribution in [1.29, 1.82) is 0 Å². The molecule has 0 fully saturated rings. The molecule has 0 radical (unpaired) electrons. The first-order chi connectivity index (χ1) is 10.6. The SMILES string of the molecule is Cc1cc(=O)[nH]c([C@H](C)Sc2nncn2Cc2ccco2)n1. The molecular formula is C14H15N5O2S. The van der Waals surface area contributed by atoms with Gasteiger partial charge in [-0.3, -0.25) is 4.79 Å². The van der Waals surface area contributed by atoms with E-state index in [2.05, 4.69) is 20.2 Å². The molecule has 1 atom stereocenters. The molecule has 0 unspecified atom stereocenters. The van der Waals surface area contributed by atoms with Gasteiger partial charge in [-0.15, -0.1) is 10.2 Å². The standard InChI is InChI=1S/C14H15N5O2S/c1-9-6-12(20)17-13(16-9)10(2)22-14-18-15-8-19(14)7-11-4-3-5-21-11/h3-6,8,10H,7H2,1-2H3,(H,16,17,20)/t10-/m0/s1. The highest BCUT2D eigenvalue weighted by atomic mass is 32.2. The van der Waals surface area contributed by atoms with Crippen molar-refractivity contribution in [2.24, 2.45) is 0 Å². The van der Waals surface area contributed by atoms with Gasteiger partial charge in [-0.25, -0.2) is 4.98 Å². The van der Waals surface area contributed by atoms with Crippen LogP contribution in [0.4, 0.5) is 0 Å². The monoisotopic (exact) mass is 317 g/mol. The van der Waals surface area contributed by atoms with Gasteiger partial charge in [-0.05, 0) is 26.0 Å². The molecule has 0 amide bonds. The fraction of sp³-hybridized carbons (Fsp3) is 0.286. The van der Waals surface area contributed by atoms with Gasteiger partial charge >= 0.3 is 0 Å². The van der Waals surface area contributed by atoms with E-state index in [0.717, 1.165) is 10.9 Å². The number of furan rings is 1. The van der Waals surface area contributed by atoms with Crippen molar-refractivity contribution in [1.82, 2.24) is 24.7 Å². The van der Waals surface area contributed by atoms with Crippen LogP contribution in [-0.2, 0) is 6.54 Å². The average molecular weight is 317 g/mol. The summed E-state index contributed by atoms with van der Waals surface area (Å²) in [5, 5.41) is 8.76. The molecule has 22 heavy (non-hydrogen) atoms. The number of aromatic nitrogens is 5. The molecule has 0 saturated carbocycles. The fourth-order valence-electron chi connectivity index (χ4n) is 2.02. The zero-order chi connectivity index (χ0) is 15.5. The largest absolute Gasteiger partial charge is 0.467 e. The van der Waals surface area contributed by atoms with Crippen LogP contribution in [0.25, 0.3) is 0 Å². The van der Waals surface area contributed by atoms with Crippen LogP contribution in [0.2, 0.25) is 0 Å². The fourth-order valence-corrected chi connectivity index (χ4v) is 2.90. The maximum atomic E-state index is 11.5. The average Bonchev–Trinajstić information content (AvgIpc) is 3.11. The van der Waals surface area contributed by atoms with E-state index in [1.54, 1.807) is 19.5 Å². The van der Waals surface area contributed by atoms with Crippen molar-refractivity contribution in [3.8, 4) is 0 Å². The normalized spacial score (nSPS) is 12.5. The lowest BCUT2D eigenvalue weighted by Gasteiger charge is -2.11. The van der Waals surface area contributed by atoms with E-state index < -0.39 is 0 Å². The molecular weight excluding hydrogens is 302 g/mol. The molecule has 8 heteroatoms. The van der Waals surface area contributed by atoms with Gasteiger partial charge in [0.1, 0.15) is 17.9 Å². The first-order valence-corrected chi connectivity index (χ1v) is 7.64. The molecule has 3 heterocycles. The van der Waals surface area contributed by atoms with Crippen molar-refractivity contribution in [3.63, 3.8) is 0 Å². The van der Waals surface area contributed by atoms with Gasteiger partial charge in [0, 0.05) is 11.8 Å². The number of thioether (sulfide) groups is 1. The molecule has 1 N–H and O–H groups in total. The topological polar surface area (TPSA) is 89.6 Å². The van der Waals surface area contributed by atoms with E-state index in [1.807, 2.05) is 23.6 Å². The zero-order valence-electron chi connectivity index (χ0n) is 12.2. The Morgan fingerprint density at radius 1 is 1.50 bits per heavy atom. The number of nitrogens with zero attached hydrogens (tertiary/aromatic N) is 4. The number of aromatic amines is 1. The van der Waals surface area contributed by atoms with E-state index in [1.165, 1.54) is 17.8 Å². The summed E-state index contributed by atoms with van der Waals surface area (Å²) in [5.74, 6) is 1.46. The van der Waals surface area contributed by atoms with Crippen molar-refractivity contribution >= 4 is 11.8 Å². The lowest BCUT2D eigenvalue weighted by molar-refractivity contribution is 0.484. The summed E-state index contributed by atoms with van der Waals surface area (Å²) in [6.45, 7) is 4.33. The Bertz CT molecular complexity index is 809. The van der Waals surface area contributed by atoms with Crippen LogP contribution in [0.15, 0.2) is 45.2 Å². The Labute approximate surface area is 130 Å². The maximum absolute atomic E-state index is 11.5. The summed E-state index contributed by atoms with van der Waals surface area (Å²) in [6.07, 6.45) is 3.29. The molecule has 3 rings (SSSR count). The van der Waals surface area contributed by atoms with Gasteiger partial charge in [0.15, 0.2) is 5.16 Å². The number of rotatable bonds is 5. The van der Waals surface area contributed by atoms with Crippen LogP contribution in [0, 0.1) is 6.92 Å². The van der Waals surface area contributed by atoms with Crippen molar-refractivity contribution in [3.05, 3.63) is 58.4 Å². The Hall–Kier alpha value is -2.35. The second-order valence-electron chi connectivity index (χ2n) is 4.85.